The van der Waals surface area contributed by atoms with E-state index >= 15 is 0 Å². The second kappa shape index (κ2) is 5.54. The maximum Gasteiger partial charge on any atom is 0.236 e. The van der Waals surface area contributed by atoms with E-state index in [0.29, 0.717) is 16.5 Å². The lowest BCUT2D eigenvalue weighted by atomic mass is 10.3. The normalized spacial score (nSPS) is 14.7. The Labute approximate surface area is 120 Å². The molecule has 1 aliphatic heterocycles. The number of benzene rings is 1. The molecule has 0 aromatic heterocycles. The van der Waals surface area contributed by atoms with Crippen molar-refractivity contribution in [2.24, 2.45) is 0 Å². The first-order chi connectivity index (χ1) is 9.02. The molecule has 100 valence electrons. The molecule has 1 fully saturated rings. The third kappa shape index (κ3) is 2.85. The first-order valence-corrected chi connectivity index (χ1v) is 6.32. The molecule has 0 radical (unpaired) electrons. The van der Waals surface area contributed by atoms with Crippen molar-refractivity contribution in [1.29, 1.82) is 0 Å². The van der Waals surface area contributed by atoms with Crippen LogP contribution in [0.5, 0.6) is 5.75 Å². The van der Waals surface area contributed by atoms with E-state index in [4.69, 9.17) is 28.6 Å². The number of halogens is 1. The monoisotopic (exact) mass is 298 g/mol. The molecule has 1 saturated heterocycles. The molecule has 7 heteroatoms. The standard InChI is InChI=1S/C12H11ClN2O3S/c1-18-7-2-3-8(13)9(6-7)14-12(19)15-10(16)4-5-11(15)17/h2-3,6H,4-5H2,1H3,(H,14,19). The van der Waals surface area contributed by atoms with Gasteiger partial charge in [-0.2, -0.15) is 0 Å². The number of likely N-dealkylation sites (tertiary alicyclic amines) is 1. The average Bonchev–Trinajstić information content (AvgIpc) is 2.71. The maximum absolute atomic E-state index is 11.5. The fourth-order valence-corrected chi connectivity index (χ4v) is 2.18. The predicted octanol–water partition coefficient (Wildman–Crippen LogP) is 2.19. The number of methoxy groups -OCH3 is 1. The summed E-state index contributed by atoms with van der Waals surface area (Å²) in [4.78, 5) is 24.1. The van der Waals surface area contributed by atoms with Gasteiger partial charge >= 0.3 is 0 Å². The first kappa shape index (κ1) is 13.8. The summed E-state index contributed by atoms with van der Waals surface area (Å²) in [6.07, 6.45) is 0.374. The molecule has 1 heterocycles. The third-order valence-corrected chi connectivity index (χ3v) is 3.28. The fraction of sp³-hybridized carbons (Fsp3) is 0.250. The number of ether oxygens (including phenoxy) is 1. The number of rotatable bonds is 2. The van der Waals surface area contributed by atoms with Crippen molar-refractivity contribution >= 4 is 46.4 Å². The number of imide groups is 1. The van der Waals surface area contributed by atoms with E-state index in [9.17, 15) is 9.59 Å². The van der Waals surface area contributed by atoms with Crippen LogP contribution >= 0.6 is 23.8 Å². The zero-order chi connectivity index (χ0) is 14.0. The lowest BCUT2D eigenvalue weighted by molar-refractivity contribution is -0.133. The van der Waals surface area contributed by atoms with Gasteiger partial charge in [-0.1, -0.05) is 11.6 Å². The van der Waals surface area contributed by atoms with E-state index in [2.05, 4.69) is 5.32 Å². The lowest BCUT2D eigenvalue weighted by Gasteiger charge is -2.17. The lowest BCUT2D eigenvalue weighted by Crippen LogP contribution is -2.38. The van der Waals surface area contributed by atoms with Crippen LogP contribution in [-0.4, -0.2) is 28.9 Å². The summed E-state index contributed by atoms with van der Waals surface area (Å²) >= 11 is 11.1. The highest BCUT2D eigenvalue weighted by Gasteiger charge is 2.32. The van der Waals surface area contributed by atoms with Gasteiger partial charge in [0.1, 0.15) is 5.75 Å². The van der Waals surface area contributed by atoms with Gasteiger partial charge in [0.2, 0.25) is 11.8 Å². The number of nitrogens with one attached hydrogen (secondary N) is 1. The number of nitrogens with zero attached hydrogens (tertiary/aromatic N) is 1. The molecule has 1 aromatic carbocycles. The Kier molecular flexibility index (Phi) is 4.01. The van der Waals surface area contributed by atoms with Crippen LogP contribution in [-0.2, 0) is 9.59 Å². The Balaban J connectivity index is 2.19. The minimum atomic E-state index is -0.304. The predicted molar refractivity (Wildman–Crippen MR) is 75.3 cm³/mol. The number of amides is 2. The molecule has 0 saturated carbocycles. The van der Waals surface area contributed by atoms with Gasteiger partial charge in [0.25, 0.3) is 0 Å². The van der Waals surface area contributed by atoms with E-state index in [-0.39, 0.29) is 29.8 Å². The summed E-state index contributed by atoms with van der Waals surface area (Å²) in [6.45, 7) is 0. The average molecular weight is 299 g/mol. The Bertz CT molecular complexity index is 546. The third-order valence-electron chi connectivity index (χ3n) is 2.67. The van der Waals surface area contributed by atoms with Crippen LogP contribution in [0.1, 0.15) is 12.8 Å². The van der Waals surface area contributed by atoms with Gasteiger partial charge in [-0.3, -0.25) is 9.59 Å². The van der Waals surface area contributed by atoms with Gasteiger partial charge in [0.15, 0.2) is 5.11 Å². The first-order valence-electron chi connectivity index (χ1n) is 5.53. The van der Waals surface area contributed by atoms with E-state index in [1.807, 2.05) is 0 Å². The number of carbonyl (C=O) groups excluding carboxylic acids is 2. The summed E-state index contributed by atoms with van der Waals surface area (Å²) in [5.74, 6) is -0.0168. The van der Waals surface area contributed by atoms with Gasteiger partial charge in [-0.05, 0) is 24.4 Å². The minimum absolute atomic E-state index is 0.0302. The Morgan fingerprint density at radius 2 is 2.00 bits per heavy atom. The highest BCUT2D eigenvalue weighted by molar-refractivity contribution is 7.80. The second-order valence-corrected chi connectivity index (χ2v) is 4.69. The van der Waals surface area contributed by atoms with Crippen molar-refractivity contribution in [3.8, 4) is 5.75 Å². The van der Waals surface area contributed by atoms with Crippen LogP contribution in [0.15, 0.2) is 18.2 Å². The molecular weight excluding hydrogens is 288 g/mol. The van der Waals surface area contributed by atoms with Crippen LogP contribution in [0.3, 0.4) is 0 Å². The number of hydrogen-bond acceptors (Lipinski definition) is 4. The van der Waals surface area contributed by atoms with Crippen LogP contribution < -0.4 is 10.1 Å². The summed E-state index contributed by atoms with van der Waals surface area (Å²) in [5.41, 5.74) is 0.485. The molecule has 2 rings (SSSR count). The molecule has 0 aliphatic carbocycles. The van der Waals surface area contributed by atoms with Crippen molar-refractivity contribution in [3.05, 3.63) is 23.2 Å². The summed E-state index contributed by atoms with van der Waals surface area (Å²) < 4.78 is 5.07. The minimum Gasteiger partial charge on any atom is -0.497 e. The Morgan fingerprint density at radius 3 is 2.58 bits per heavy atom. The topological polar surface area (TPSA) is 58.6 Å². The van der Waals surface area contributed by atoms with Crippen molar-refractivity contribution in [2.75, 3.05) is 12.4 Å². The molecule has 19 heavy (non-hydrogen) atoms. The number of anilines is 1. The molecule has 2 amide bonds. The molecule has 0 bridgehead atoms. The van der Waals surface area contributed by atoms with Gasteiger partial charge in [-0.15, -0.1) is 0 Å². The van der Waals surface area contributed by atoms with Crippen molar-refractivity contribution in [1.82, 2.24) is 4.90 Å². The van der Waals surface area contributed by atoms with E-state index < -0.39 is 0 Å². The van der Waals surface area contributed by atoms with Crippen molar-refractivity contribution in [3.63, 3.8) is 0 Å². The van der Waals surface area contributed by atoms with Gasteiger partial charge in [0, 0.05) is 18.9 Å². The molecular formula is C12H11ClN2O3S. The molecule has 1 aliphatic rings. The quantitative estimate of drug-likeness (QED) is 0.670. The number of carbonyl (C=O) groups is 2. The van der Waals surface area contributed by atoms with Crippen LogP contribution in [0.2, 0.25) is 5.02 Å². The van der Waals surface area contributed by atoms with Crippen LogP contribution in [0, 0.1) is 0 Å². The van der Waals surface area contributed by atoms with Gasteiger partial charge < -0.3 is 10.1 Å². The second-order valence-electron chi connectivity index (χ2n) is 3.90. The maximum atomic E-state index is 11.5. The van der Waals surface area contributed by atoms with Crippen molar-refractivity contribution < 1.29 is 14.3 Å². The fourth-order valence-electron chi connectivity index (χ4n) is 1.70. The molecule has 0 spiro atoms. The van der Waals surface area contributed by atoms with E-state index in [0.717, 1.165) is 4.90 Å². The van der Waals surface area contributed by atoms with Crippen LogP contribution in [0.4, 0.5) is 5.69 Å². The van der Waals surface area contributed by atoms with E-state index in [1.54, 1.807) is 18.2 Å². The van der Waals surface area contributed by atoms with Crippen molar-refractivity contribution in [2.45, 2.75) is 12.8 Å². The molecule has 5 nitrogen and oxygen atoms in total. The smallest absolute Gasteiger partial charge is 0.236 e. The Morgan fingerprint density at radius 1 is 1.37 bits per heavy atom. The summed E-state index contributed by atoms with van der Waals surface area (Å²) in [6, 6.07) is 4.97. The summed E-state index contributed by atoms with van der Waals surface area (Å²) in [5, 5.41) is 3.24. The SMILES string of the molecule is COc1ccc(Cl)c(NC(=S)N2C(=O)CCC2=O)c1. The van der Waals surface area contributed by atoms with Gasteiger partial charge in [-0.25, -0.2) is 4.90 Å². The molecule has 1 aromatic rings. The molecule has 1 N–H and O–H groups in total. The highest BCUT2D eigenvalue weighted by Crippen LogP contribution is 2.27. The Hall–Kier alpha value is -1.66. The highest BCUT2D eigenvalue weighted by atomic mass is 35.5. The zero-order valence-corrected chi connectivity index (χ0v) is 11.7. The number of hydrogen-bond donors (Lipinski definition) is 1. The van der Waals surface area contributed by atoms with Gasteiger partial charge in [0.05, 0.1) is 17.8 Å². The number of thiocarbonyl (C=S) groups is 1. The molecule has 0 atom stereocenters. The molecule has 0 unspecified atom stereocenters. The zero-order valence-electron chi connectivity index (χ0n) is 10.1. The van der Waals surface area contributed by atoms with E-state index in [1.165, 1.54) is 7.11 Å². The largest absolute Gasteiger partial charge is 0.497 e. The summed E-state index contributed by atoms with van der Waals surface area (Å²) in [7, 11) is 1.53. The van der Waals surface area contributed by atoms with Crippen LogP contribution in [0.25, 0.3) is 0 Å².